The molecular formula is C31H29F3. The molecule has 0 aromatic heterocycles. The Balaban J connectivity index is 1.86. The van der Waals surface area contributed by atoms with Crippen LogP contribution in [0.4, 0.5) is 13.2 Å². The second-order valence-electron chi connectivity index (χ2n) is 9.02. The molecule has 0 saturated carbocycles. The summed E-state index contributed by atoms with van der Waals surface area (Å²) in [6.07, 6.45) is -3.08. The van der Waals surface area contributed by atoms with Crippen LogP contribution >= 0.6 is 0 Å². The highest BCUT2D eigenvalue weighted by Crippen LogP contribution is 2.51. The maximum absolute atomic E-state index is 15.2. The SMILES string of the molecule is CCc1ccc(C(c2ccc(C)cc2)(c2ccc(Cc3ccc(C)cc3)cc2)C(F)(F)F)cc1. The van der Waals surface area contributed by atoms with Crippen molar-refractivity contribution in [2.24, 2.45) is 0 Å². The van der Waals surface area contributed by atoms with E-state index in [9.17, 15) is 0 Å². The van der Waals surface area contributed by atoms with Gasteiger partial charge in [-0.1, -0.05) is 115 Å². The summed E-state index contributed by atoms with van der Waals surface area (Å²) in [5, 5.41) is 0. The first-order chi connectivity index (χ1) is 16.2. The largest absolute Gasteiger partial charge is 0.406 e. The molecular weight excluding hydrogens is 429 g/mol. The summed E-state index contributed by atoms with van der Waals surface area (Å²) < 4.78 is 45.6. The fraction of sp³-hybridized carbons (Fsp3) is 0.226. The van der Waals surface area contributed by atoms with Crippen molar-refractivity contribution >= 4 is 0 Å². The molecule has 0 fully saturated rings. The molecule has 4 rings (SSSR count). The van der Waals surface area contributed by atoms with Crippen LogP contribution in [0.1, 0.15) is 51.4 Å². The van der Waals surface area contributed by atoms with Crippen LogP contribution in [0.2, 0.25) is 0 Å². The van der Waals surface area contributed by atoms with Gasteiger partial charge in [0.25, 0.3) is 0 Å². The number of alkyl halides is 3. The first-order valence-corrected chi connectivity index (χ1v) is 11.6. The maximum Gasteiger partial charge on any atom is 0.406 e. The molecule has 0 aliphatic heterocycles. The van der Waals surface area contributed by atoms with Crippen LogP contribution in [0, 0.1) is 13.8 Å². The zero-order valence-electron chi connectivity index (χ0n) is 19.8. The van der Waals surface area contributed by atoms with E-state index in [2.05, 4.69) is 24.3 Å². The van der Waals surface area contributed by atoms with Gasteiger partial charge >= 0.3 is 6.18 Å². The number of hydrogen-bond donors (Lipinski definition) is 0. The Morgan fingerprint density at radius 3 is 1.21 bits per heavy atom. The Morgan fingerprint density at radius 1 is 0.500 bits per heavy atom. The minimum Gasteiger partial charge on any atom is -0.169 e. The number of aryl methyl sites for hydroxylation is 3. The average Bonchev–Trinajstić information content (AvgIpc) is 2.83. The van der Waals surface area contributed by atoms with Crippen LogP contribution in [0.25, 0.3) is 0 Å². The van der Waals surface area contributed by atoms with Crippen molar-refractivity contribution < 1.29 is 13.2 Å². The van der Waals surface area contributed by atoms with E-state index in [-0.39, 0.29) is 16.7 Å². The van der Waals surface area contributed by atoms with Gasteiger partial charge in [0.15, 0.2) is 0 Å². The monoisotopic (exact) mass is 458 g/mol. The molecule has 1 unspecified atom stereocenters. The maximum atomic E-state index is 15.2. The minimum absolute atomic E-state index is 0.223. The third kappa shape index (κ3) is 4.52. The first-order valence-electron chi connectivity index (χ1n) is 11.6. The summed E-state index contributed by atoms with van der Waals surface area (Å²) in [7, 11) is 0. The molecule has 0 saturated heterocycles. The van der Waals surface area contributed by atoms with Crippen molar-refractivity contribution in [3.05, 3.63) is 142 Å². The molecule has 3 heteroatoms. The summed E-state index contributed by atoms with van der Waals surface area (Å²) in [6.45, 7) is 5.92. The van der Waals surface area contributed by atoms with Crippen LogP contribution in [0.5, 0.6) is 0 Å². The van der Waals surface area contributed by atoms with Gasteiger partial charge in [0.2, 0.25) is 0 Å². The van der Waals surface area contributed by atoms with E-state index in [0.717, 1.165) is 28.7 Å². The van der Waals surface area contributed by atoms with Crippen LogP contribution in [0.15, 0.2) is 97.1 Å². The zero-order valence-corrected chi connectivity index (χ0v) is 19.8. The molecule has 1 atom stereocenters. The molecule has 0 N–H and O–H groups in total. The second kappa shape index (κ2) is 9.50. The highest BCUT2D eigenvalue weighted by molar-refractivity contribution is 5.54. The molecule has 34 heavy (non-hydrogen) atoms. The quantitative estimate of drug-likeness (QED) is 0.255. The molecule has 0 radical (unpaired) electrons. The zero-order chi connectivity index (χ0) is 24.3. The van der Waals surface area contributed by atoms with Crippen LogP contribution in [0.3, 0.4) is 0 Å². The average molecular weight is 459 g/mol. The lowest BCUT2D eigenvalue weighted by atomic mass is 9.68. The summed E-state index contributed by atoms with van der Waals surface area (Å²) in [6, 6.07) is 28.7. The van der Waals surface area contributed by atoms with Gasteiger partial charge in [-0.15, -0.1) is 0 Å². The molecule has 174 valence electrons. The van der Waals surface area contributed by atoms with E-state index in [1.807, 2.05) is 32.9 Å². The molecule has 0 heterocycles. The van der Waals surface area contributed by atoms with E-state index < -0.39 is 11.6 Å². The lowest BCUT2D eigenvalue weighted by molar-refractivity contribution is -0.166. The first kappa shape index (κ1) is 23.8. The summed E-state index contributed by atoms with van der Waals surface area (Å²) in [4.78, 5) is 0. The molecule has 4 aromatic carbocycles. The Morgan fingerprint density at radius 2 is 0.824 bits per heavy atom. The standard InChI is InChI=1S/C31H29F3/c1-4-24-11-17-28(18-12-24)30(31(32,33)34,27-15-7-23(3)8-16-27)29-19-13-26(14-20-29)21-25-9-5-22(2)6-10-25/h5-20H,4,21H2,1-3H3. The molecule has 0 amide bonds. The Hall–Kier alpha value is -3.33. The predicted molar refractivity (Wildman–Crippen MR) is 133 cm³/mol. The summed E-state index contributed by atoms with van der Waals surface area (Å²) >= 11 is 0. The van der Waals surface area contributed by atoms with Gasteiger partial charge in [-0.25, -0.2) is 0 Å². The number of benzene rings is 4. The highest BCUT2D eigenvalue weighted by atomic mass is 19.4. The van der Waals surface area contributed by atoms with Crippen molar-refractivity contribution in [1.29, 1.82) is 0 Å². The molecule has 4 aromatic rings. The van der Waals surface area contributed by atoms with Gasteiger partial charge in [0, 0.05) is 0 Å². The Labute approximate surface area is 200 Å². The Kier molecular flexibility index (Phi) is 6.65. The highest BCUT2D eigenvalue weighted by Gasteiger charge is 2.58. The summed E-state index contributed by atoms with van der Waals surface area (Å²) in [5.74, 6) is 0. The molecule has 0 nitrogen and oxygen atoms in total. The van der Waals surface area contributed by atoms with Gasteiger partial charge in [-0.05, 0) is 60.1 Å². The minimum atomic E-state index is -4.53. The normalized spacial score (nSPS) is 13.5. The summed E-state index contributed by atoms with van der Waals surface area (Å²) in [5.41, 5.74) is 3.65. The number of rotatable bonds is 6. The van der Waals surface area contributed by atoms with E-state index in [4.69, 9.17) is 0 Å². The van der Waals surface area contributed by atoms with E-state index in [1.54, 1.807) is 60.7 Å². The van der Waals surface area contributed by atoms with Crippen LogP contribution < -0.4 is 0 Å². The van der Waals surface area contributed by atoms with Gasteiger partial charge in [0.1, 0.15) is 5.41 Å². The van der Waals surface area contributed by atoms with Crippen molar-refractivity contribution in [3.8, 4) is 0 Å². The molecule has 0 aliphatic rings. The van der Waals surface area contributed by atoms with Crippen LogP contribution in [-0.4, -0.2) is 6.18 Å². The van der Waals surface area contributed by atoms with Crippen molar-refractivity contribution in [2.75, 3.05) is 0 Å². The van der Waals surface area contributed by atoms with Crippen molar-refractivity contribution in [1.82, 2.24) is 0 Å². The fourth-order valence-electron chi connectivity index (χ4n) is 4.60. The molecule has 0 bridgehead atoms. The number of hydrogen-bond acceptors (Lipinski definition) is 0. The second-order valence-corrected chi connectivity index (χ2v) is 9.02. The van der Waals surface area contributed by atoms with Crippen LogP contribution in [-0.2, 0) is 18.3 Å². The molecule has 0 spiro atoms. The Bertz CT molecular complexity index is 1220. The number of halogens is 3. The van der Waals surface area contributed by atoms with Gasteiger partial charge in [0.05, 0.1) is 0 Å². The van der Waals surface area contributed by atoms with Gasteiger partial charge in [-0.3, -0.25) is 0 Å². The topological polar surface area (TPSA) is 0 Å². The van der Waals surface area contributed by atoms with Gasteiger partial charge in [-0.2, -0.15) is 13.2 Å². The third-order valence-corrected chi connectivity index (χ3v) is 6.62. The lowest BCUT2D eigenvalue weighted by Gasteiger charge is -2.38. The van der Waals surface area contributed by atoms with E-state index in [1.165, 1.54) is 5.56 Å². The lowest BCUT2D eigenvalue weighted by Crippen LogP contribution is -2.44. The van der Waals surface area contributed by atoms with E-state index in [0.29, 0.717) is 6.42 Å². The van der Waals surface area contributed by atoms with Crippen molar-refractivity contribution in [3.63, 3.8) is 0 Å². The molecule has 0 aliphatic carbocycles. The third-order valence-electron chi connectivity index (χ3n) is 6.62. The van der Waals surface area contributed by atoms with E-state index >= 15 is 13.2 Å². The van der Waals surface area contributed by atoms with Gasteiger partial charge < -0.3 is 0 Å². The van der Waals surface area contributed by atoms with Crippen molar-refractivity contribution in [2.45, 2.75) is 45.2 Å². The predicted octanol–water partition coefficient (Wildman–Crippen LogP) is 8.35. The smallest absolute Gasteiger partial charge is 0.169 e. The fourth-order valence-corrected chi connectivity index (χ4v) is 4.60.